The zero-order valence-corrected chi connectivity index (χ0v) is 25.9. The lowest BCUT2D eigenvalue weighted by atomic mass is 10.1. The van der Waals surface area contributed by atoms with E-state index in [-0.39, 0.29) is 23.5 Å². The number of benzene rings is 2. The predicted octanol–water partition coefficient (Wildman–Crippen LogP) is 10.0. The smallest absolute Gasteiger partial charge is 0.425 e. The average Bonchev–Trinajstić information content (AvgIpc) is 2.98. The van der Waals surface area contributed by atoms with Crippen molar-refractivity contribution in [2.45, 2.75) is 121 Å². The molecule has 0 aliphatic rings. The third-order valence-electron chi connectivity index (χ3n) is 6.79. The third kappa shape index (κ3) is 14.8. The van der Waals surface area contributed by atoms with Crippen molar-refractivity contribution in [3.63, 3.8) is 0 Å². The lowest BCUT2D eigenvalue weighted by Gasteiger charge is -2.20. The minimum atomic E-state index is -4.64. The number of hydrogen-bond acceptors (Lipinski definition) is 7. The van der Waals surface area contributed by atoms with E-state index in [1.807, 2.05) is 6.92 Å². The second-order valence-corrected chi connectivity index (χ2v) is 11.3. The monoisotopic (exact) mass is 624 g/mol. The predicted molar refractivity (Wildman–Crippen MR) is 161 cm³/mol. The van der Waals surface area contributed by atoms with Crippen molar-refractivity contribution in [2.24, 2.45) is 0 Å². The van der Waals surface area contributed by atoms with E-state index in [4.69, 9.17) is 13.7 Å². The quantitative estimate of drug-likeness (QED) is 0.0628. The largest absolute Gasteiger partial charge is 0.449 e. The minimum absolute atomic E-state index is 0.0361. The maximum absolute atomic E-state index is 13.3. The summed E-state index contributed by atoms with van der Waals surface area (Å²) in [5, 5.41) is 0. The summed E-state index contributed by atoms with van der Waals surface area (Å²) in [5.41, 5.74) is 0.207. The lowest BCUT2D eigenvalue weighted by molar-refractivity contribution is -0.206. The second kappa shape index (κ2) is 20.0. The fraction of sp³-hybridized carbons (Fsp3) is 0.545. The number of ether oxygens (including phenoxy) is 2. The maximum Gasteiger partial charge on any atom is 0.425 e. The van der Waals surface area contributed by atoms with Crippen LogP contribution in [0.15, 0.2) is 53.4 Å². The number of unbranched alkanes of at least 4 members (excludes halogenated alkanes) is 10. The Kier molecular flexibility index (Phi) is 16.9. The number of carbonyl (C=O) groups excluding carboxylic acids is 3. The van der Waals surface area contributed by atoms with Crippen LogP contribution in [0.2, 0.25) is 0 Å². The fourth-order valence-electron chi connectivity index (χ4n) is 4.27. The molecule has 0 aliphatic carbocycles. The zero-order valence-electron chi connectivity index (χ0n) is 25.1. The van der Waals surface area contributed by atoms with E-state index < -0.39 is 24.2 Å². The molecule has 0 saturated heterocycles. The van der Waals surface area contributed by atoms with Gasteiger partial charge >= 0.3 is 24.1 Å². The fourth-order valence-corrected chi connectivity index (χ4v) is 4.78. The highest BCUT2D eigenvalue weighted by Crippen LogP contribution is 2.29. The Bertz CT molecular complexity index is 1100. The van der Waals surface area contributed by atoms with Crippen LogP contribution in [-0.4, -0.2) is 30.2 Å². The van der Waals surface area contributed by atoms with Crippen molar-refractivity contribution >= 4 is 30.0 Å². The van der Waals surface area contributed by atoms with Gasteiger partial charge in [-0.1, -0.05) is 78.1 Å². The van der Waals surface area contributed by atoms with Crippen LogP contribution < -0.4 is 4.74 Å². The van der Waals surface area contributed by atoms with Gasteiger partial charge in [0.05, 0.1) is 23.2 Å². The molecular weight excluding hydrogens is 581 g/mol. The van der Waals surface area contributed by atoms with E-state index in [9.17, 15) is 27.6 Å². The van der Waals surface area contributed by atoms with Crippen molar-refractivity contribution in [1.82, 2.24) is 0 Å². The minimum Gasteiger partial charge on any atom is -0.449 e. The second-order valence-electron chi connectivity index (χ2n) is 10.5. The topological polar surface area (TPSA) is 78.9 Å². The summed E-state index contributed by atoms with van der Waals surface area (Å²) in [6, 6.07) is 11.6. The molecule has 6 nitrogen and oxygen atoms in total. The van der Waals surface area contributed by atoms with Gasteiger partial charge in [-0.2, -0.15) is 13.2 Å². The molecule has 43 heavy (non-hydrogen) atoms. The molecule has 0 aliphatic heterocycles. The van der Waals surface area contributed by atoms with E-state index in [2.05, 4.69) is 6.92 Å². The molecule has 0 aromatic heterocycles. The van der Waals surface area contributed by atoms with Crippen LogP contribution in [0.5, 0.6) is 5.75 Å². The Morgan fingerprint density at radius 2 is 1.21 bits per heavy atom. The number of halogens is 3. The maximum atomic E-state index is 13.3. The normalized spacial score (nSPS) is 12.0. The Balaban J connectivity index is 1.75. The Hall–Kier alpha value is -3.01. The number of hydrogen-bond donors (Lipinski definition) is 0. The van der Waals surface area contributed by atoms with Gasteiger partial charge in [0.15, 0.2) is 6.10 Å². The lowest BCUT2D eigenvalue weighted by Crippen LogP contribution is -2.33. The van der Waals surface area contributed by atoms with E-state index in [1.165, 1.54) is 80.6 Å². The van der Waals surface area contributed by atoms with E-state index in [1.54, 1.807) is 0 Å². The van der Waals surface area contributed by atoms with Crippen molar-refractivity contribution in [3.8, 4) is 5.75 Å². The van der Waals surface area contributed by atoms with E-state index in [0.29, 0.717) is 29.9 Å². The van der Waals surface area contributed by atoms with Gasteiger partial charge in [0.2, 0.25) is 0 Å². The molecule has 1 unspecified atom stereocenters. The molecule has 2 aromatic carbocycles. The Labute approximate surface area is 257 Å². The van der Waals surface area contributed by atoms with Gasteiger partial charge in [0.1, 0.15) is 5.75 Å². The number of carbonyl (C=O) groups is 3. The molecular formula is C33H43F3O6S. The van der Waals surface area contributed by atoms with Crippen LogP contribution >= 0.6 is 12.0 Å². The molecule has 1 atom stereocenters. The summed E-state index contributed by atoms with van der Waals surface area (Å²) >= 11 is 0.744. The van der Waals surface area contributed by atoms with Crippen LogP contribution in [-0.2, 0) is 13.7 Å². The van der Waals surface area contributed by atoms with E-state index >= 15 is 0 Å². The SMILES string of the molecule is CCCCCCCCCCC(=O)Oc1ccc(C(=O)OSc2ccc(C(=O)OC(CCCCCC)C(F)(F)F)cc2)cc1. The van der Waals surface area contributed by atoms with Crippen molar-refractivity contribution in [2.75, 3.05) is 0 Å². The molecule has 0 spiro atoms. The molecule has 0 bridgehead atoms. The molecule has 0 heterocycles. The van der Waals surface area contributed by atoms with Gasteiger partial charge in [-0.25, -0.2) is 9.59 Å². The molecule has 0 saturated carbocycles. The molecule has 2 aromatic rings. The van der Waals surface area contributed by atoms with Crippen molar-refractivity contribution in [3.05, 3.63) is 59.7 Å². The molecule has 0 N–H and O–H groups in total. The number of esters is 2. The van der Waals surface area contributed by atoms with Gasteiger partial charge in [0.25, 0.3) is 0 Å². The van der Waals surface area contributed by atoms with Crippen molar-refractivity contribution < 1.29 is 41.2 Å². The van der Waals surface area contributed by atoms with Gasteiger partial charge < -0.3 is 13.7 Å². The summed E-state index contributed by atoms with van der Waals surface area (Å²) in [7, 11) is 0. The van der Waals surface area contributed by atoms with Gasteiger partial charge in [-0.15, -0.1) is 0 Å². The van der Waals surface area contributed by atoms with Gasteiger partial charge in [-0.3, -0.25) is 4.79 Å². The third-order valence-corrected chi connectivity index (χ3v) is 7.49. The summed E-state index contributed by atoms with van der Waals surface area (Å²) in [6.45, 7) is 4.15. The van der Waals surface area contributed by atoms with Gasteiger partial charge in [-0.05, 0) is 67.8 Å². The molecule has 0 fully saturated rings. The first-order valence-electron chi connectivity index (χ1n) is 15.2. The highest BCUT2D eigenvalue weighted by Gasteiger charge is 2.42. The van der Waals surface area contributed by atoms with Crippen LogP contribution in [0.3, 0.4) is 0 Å². The number of alkyl halides is 3. The Morgan fingerprint density at radius 1 is 0.698 bits per heavy atom. The highest BCUT2D eigenvalue weighted by molar-refractivity contribution is 7.95. The molecule has 10 heteroatoms. The summed E-state index contributed by atoms with van der Waals surface area (Å²) in [5.74, 6) is -1.68. The standard InChI is InChI=1S/C33H43F3O6S/c1-3-5-7-9-10-11-12-14-16-30(37)40-27-21-17-26(18-22-27)32(39)42-43-28-23-19-25(20-24-28)31(38)41-29(33(34,35)36)15-13-8-6-4-2/h17-24,29H,3-16H2,1-2H3. The highest BCUT2D eigenvalue weighted by atomic mass is 32.2. The van der Waals surface area contributed by atoms with Crippen LogP contribution in [0.1, 0.15) is 124 Å². The first-order chi connectivity index (χ1) is 20.6. The van der Waals surface area contributed by atoms with Crippen LogP contribution in [0.25, 0.3) is 0 Å². The first-order valence-corrected chi connectivity index (χ1v) is 16.0. The Morgan fingerprint density at radius 3 is 1.79 bits per heavy atom. The molecule has 0 amide bonds. The summed E-state index contributed by atoms with van der Waals surface area (Å²) < 4.78 is 55.3. The molecule has 0 radical (unpaired) electrons. The average molecular weight is 625 g/mol. The first kappa shape index (κ1) is 36.2. The molecule has 238 valence electrons. The molecule has 2 rings (SSSR count). The van der Waals surface area contributed by atoms with Crippen LogP contribution in [0.4, 0.5) is 13.2 Å². The zero-order chi connectivity index (χ0) is 31.5. The van der Waals surface area contributed by atoms with Crippen LogP contribution in [0, 0.1) is 0 Å². The summed E-state index contributed by atoms with van der Waals surface area (Å²) in [4.78, 5) is 37.3. The summed E-state index contributed by atoms with van der Waals surface area (Å²) in [6.07, 6.45) is 5.02. The number of rotatable bonds is 20. The van der Waals surface area contributed by atoms with Crippen molar-refractivity contribution in [1.29, 1.82) is 0 Å². The van der Waals surface area contributed by atoms with E-state index in [0.717, 1.165) is 44.1 Å². The van der Waals surface area contributed by atoms with Gasteiger partial charge in [0, 0.05) is 11.3 Å².